The van der Waals surface area contributed by atoms with Crippen LogP contribution in [-0.4, -0.2) is 27.8 Å². The summed E-state index contributed by atoms with van der Waals surface area (Å²) in [6.45, 7) is -0.192. The molecule has 0 saturated carbocycles. The monoisotopic (exact) mass is 283 g/mol. The third-order valence-corrected chi connectivity index (χ3v) is 3.30. The zero-order chi connectivity index (χ0) is 13.0. The number of carbonyl (C=O) groups is 1. The summed E-state index contributed by atoms with van der Waals surface area (Å²) in [5.41, 5.74) is 0.823. The molecule has 94 valence electrons. The molecule has 0 radical (unpaired) electrons. The van der Waals surface area contributed by atoms with Gasteiger partial charge in [-0.15, -0.1) is 10.2 Å². The van der Waals surface area contributed by atoms with Gasteiger partial charge in [0.2, 0.25) is 9.47 Å². The molecule has 1 aromatic heterocycles. The molecule has 1 aromatic carbocycles. The van der Waals surface area contributed by atoms with E-state index in [9.17, 15) is 9.90 Å². The van der Waals surface area contributed by atoms with E-state index in [1.807, 2.05) is 30.3 Å². The van der Waals surface area contributed by atoms with Gasteiger partial charge in [0.15, 0.2) is 0 Å². The molecular formula is C11H10ClN3O2S. The van der Waals surface area contributed by atoms with Crippen molar-refractivity contribution in [2.45, 2.75) is 6.04 Å². The van der Waals surface area contributed by atoms with Gasteiger partial charge in [0.25, 0.3) is 5.91 Å². The first-order valence-electron chi connectivity index (χ1n) is 5.16. The van der Waals surface area contributed by atoms with Gasteiger partial charge in [-0.25, -0.2) is 0 Å². The summed E-state index contributed by atoms with van der Waals surface area (Å²) in [4.78, 5) is 11.8. The Morgan fingerprint density at radius 3 is 2.67 bits per heavy atom. The molecule has 7 heteroatoms. The molecule has 0 saturated heterocycles. The molecule has 1 amide bonds. The van der Waals surface area contributed by atoms with Gasteiger partial charge in [-0.3, -0.25) is 4.79 Å². The standard InChI is InChI=1S/C11H10ClN3O2S/c12-11-15-14-10(18-11)9(17)13-8(6-16)7-4-2-1-3-5-7/h1-5,8,16H,6H2,(H,13,17)/t8-/m0/s1. The van der Waals surface area contributed by atoms with Crippen LogP contribution in [0.1, 0.15) is 21.4 Å². The van der Waals surface area contributed by atoms with E-state index in [0.717, 1.165) is 16.9 Å². The average molecular weight is 284 g/mol. The Labute approximate surface area is 112 Å². The van der Waals surface area contributed by atoms with Crippen molar-refractivity contribution in [2.24, 2.45) is 0 Å². The van der Waals surface area contributed by atoms with Crippen molar-refractivity contribution in [3.63, 3.8) is 0 Å². The molecule has 1 atom stereocenters. The van der Waals surface area contributed by atoms with Crippen LogP contribution in [0.3, 0.4) is 0 Å². The SMILES string of the molecule is O=C(N[C@@H](CO)c1ccccc1)c1nnc(Cl)s1. The van der Waals surface area contributed by atoms with Crippen LogP contribution in [0.4, 0.5) is 0 Å². The Morgan fingerprint density at radius 2 is 2.11 bits per heavy atom. The molecule has 0 aliphatic carbocycles. The summed E-state index contributed by atoms with van der Waals surface area (Å²) in [6, 6.07) is 8.73. The minimum atomic E-state index is -0.471. The normalized spacial score (nSPS) is 12.1. The summed E-state index contributed by atoms with van der Waals surface area (Å²) >= 11 is 6.60. The number of hydrogen-bond donors (Lipinski definition) is 2. The van der Waals surface area contributed by atoms with Crippen molar-refractivity contribution in [1.82, 2.24) is 15.5 Å². The first kappa shape index (κ1) is 12.9. The zero-order valence-electron chi connectivity index (χ0n) is 9.21. The first-order chi connectivity index (χ1) is 8.70. The van der Waals surface area contributed by atoms with Crippen LogP contribution in [-0.2, 0) is 0 Å². The summed E-state index contributed by atoms with van der Waals surface area (Å²) in [5.74, 6) is -0.401. The Bertz CT molecular complexity index is 532. The lowest BCUT2D eigenvalue weighted by Gasteiger charge is -2.15. The van der Waals surface area contributed by atoms with E-state index in [0.29, 0.717) is 0 Å². The molecule has 0 spiro atoms. The van der Waals surface area contributed by atoms with Crippen LogP contribution >= 0.6 is 22.9 Å². The molecule has 18 heavy (non-hydrogen) atoms. The Morgan fingerprint density at radius 1 is 1.39 bits per heavy atom. The van der Waals surface area contributed by atoms with Crippen molar-refractivity contribution in [3.05, 3.63) is 45.4 Å². The van der Waals surface area contributed by atoms with E-state index in [2.05, 4.69) is 15.5 Å². The number of nitrogens with one attached hydrogen (secondary N) is 1. The quantitative estimate of drug-likeness (QED) is 0.895. The van der Waals surface area contributed by atoms with Gasteiger partial charge >= 0.3 is 0 Å². The van der Waals surface area contributed by atoms with E-state index in [1.54, 1.807) is 0 Å². The van der Waals surface area contributed by atoms with Crippen molar-refractivity contribution in [2.75, 3.05) is 6.61 Å². The van der Waals surface area contributed by atoms with Crippen LogP contribution in [0.25, 0.3) is 0 Å². The summed E-state index contributed by atoms with van der Waals surface area (Å²) in [6.07, 6.45) is 0. The first-order valence-corrected chi connectivity index (χ1v) is 6.36. The number of amides is 1. The number of hydrogen-bond acceptors (Lipinski definition) is 5. The minimum absolute atomic E-state index is 0.175. The molecule has 2 rings (SSSR count). The van der Waals surface area contributed by atoms with E-state index >= 15 is 0 Å². The number of aromatic nitrogens is 2. The Hall–Kier alpha value is -1.50. The second-order valence-electron chi connectivity index (χ2n) is 3.48. The zero-order valence-corrected chi connectivity index (χ0v) is 10.8. The smallest absolute Gasteiger partial charge is 0.282 e. The maximum atomic E-state index is 11.8. The van der Waals surface area contributed by atoms with Crippen molar-refractivity contribution < 1.29 is 9.90 Å². The van der Waals surface area contributed by atoms with E-state index in [4.69, 9.17) is 11.6 Å². The largest absolute Gasteiger partial charge is 0.394 e. The number of aliphatic hydroxyl groups excluding tert-OH is 1. The third kappa shape index (κ3) is 3.04. The molecule has 1 heterocycles. The molecule has 2 N–H and O–H groups in total. The lowest BCUT2D eigenvalue weighted by atomic mass is 10.1. The Kier molecular flexibility index (Phi) is 4.24. The fourth-order valence-corrected chi connectivity index (χ4v) is 2.17. The van der Waals surface area contributed by atoms with Crippen LogP contribution in [0.15, 0.2) is 30.3 Å². The number of nitrogens with zero attached hydrogens (tertiary/aromatic N) is 2. The minimum Gasteiger partial charge on any atom is -0.394 e. The topological polar surface area (TPSA) is 75.1 Å². The van der Waals surface area contributed by atoms with Gasteiger partial charge in [0, 0.05) is 0 Å². The van der Waals surface area contributed by atoms with E-state index in [-0.39, 0.29) is 16.1 Å². The van der Waals surface area contributed by atoms with Crippen molar-refractivity contribution >= 4 is 28.8 Å². The number of rotatable bonds is 4. The number of aliphatic hydroxyl groups is 1. The molecule has 0 unspecified atom stereocenters. The van der Waals surface area contributed by atoms with Gasteiger partial charge < -0.3 is 10.4 Å². The van der Waals surface area contributed by atoms with Gasteiger partial charge in [-0.2, -0.15) is 0 Å². The lowest BCUT2D eigenvalue weighted by molar-refractivity contribution is 0.0915. The van der Waals surface area contributed by atoms with Gasteiger partial charge in [0.1, 0.15) is 0 Å². The van der Waals surface area contributed by atoms with Gasteiger partial charge in [0.05, 0.1) is 12.6 Å². The van der Waals surface area contributed by atoms with E-state index < -0.39 is 11.9 Å². The van der Waals surface area contributed by atoms with Crippen LogP contribution in [0.5, 0.6) is 0 Å². The molecule has 0 aliphatic rings. The lowest BCUT2D eigenvalue weighted by Crippen LogP contribution is -2.30. The van der Waals surface area contributed by atoms with Crippen LogP contribution in [0, 0.1) is 0 Å². The molecule has 0 aliphatic heterocycles. The second kappa shape index (κ2) is 5.90. The predicted octanol–water partition coefficient (Wildman–Crippen LogP) is 1.65. The van der Waals surface area contributed by atoms with Gasteiger partial charge in [-0.05, 0) is 17.2 Å². The molecule has 2 aromatic rings. The maximum absolute atomic E-state index is 11.8. The Balaban J connectivity index is 2.10. The second-order valence-corrected chi connectivity index (χ2v) is 5.04. The molecule has 0 fully saturated rings. The fraction of sp³-hybridized carbons (Fsp3) is 0.182. The summed E-state index contributed by atoms with van der Waals surface area (Å²) in [5, 5.41) is 19.3. The van der Waals surface area contributed by atoms with Gasteiger partial charge in [-0.1, -0.05) is 41.7 Å². The fourth-order valence-electron chi connectivity index (χ4n) is 1.44. The molecular weight excluding hydrogens is 274 g/mol. The van der Waals surface area contributed by atoms with Crippen molar-refractivity contribution in [1.29, 1.82) is 0 Å². The van der Waals surface area contributed by atoms with Crippen molar-refractivity contribution in [3.8, 4) is 0 Å². The van der Waals surface area contributed by atoms with Crippen LogP contribution in [0.2, 0.25) is 4.47 Å². The summed E-state index contributed by atoms with van der Waals surface area (Å²) in [7, 11) is 0. The predicted molar refractivity (Wildman–Crippen MR) is 68.7 cm³/mol. The molecule has 0 bridgehead atoms. The highest BCUT2D eigenvalue weighted by Gasteiger charge is 2.17. The number of carbonyl (C=O) groups excluding carboxylic acids is 1. The van der Waals surface area contributed by atoms with Crippen LogP contribution < -0.4 is 5.32 Å². The highest BCUT2D eigenvalue weighted by Crippen LogP contribution is 2.17. The highest BCUT2D eigenvalue weighted by atomic mass is 35.5. The number of benzene rings is 1. The average Bonchev–Trinajstić information content (AvgIpc) is 2.83. The molecule has 5 nitrogen and oxygen atoms in total. The summed E-state index contributed by atoms with van der Waals surface area (Å²) < 4.78 is 0.209. The highest BCUT2D eigenvalue weighted by molar-refractivity contribution is 7.17. The van der Waals surface area contributed by atoms with E-state index in [1.165, 1.54) is 0 Å². The maximum Gasteiger partial charge on any atom is 0.282 e. The number of halogens is 1. The third-order valence-electron chi connectivity index (χ3n) is 2.28.